The van der Waals surface area contributed by atoms with E-state index in [1.807, 2.05) is 6.07 Å². The second-order valence-corrected chi connectivity index (χ2v) is 6.91. The zero-order valence-corrected chi connectivity index (χ0v) is 16.2. The lowest BCUT2D eigenvalue weighted by Gasteiger charge is -2.17. The molecule has 2 heterocycles. The number of carbonyl (C=O) groups is 1. The number of carbonyl (C=O) groups excluding carboxylic acids is 1. The second-order valence-electron chi connectivity index (χ2n) is 5.71. The maximum Gasteiger partial charge on any atom is 0.259 e. The summed E-state index contributed by atoms with van der Waals surface area (Å²) in [5.74, 6) is 0.131. The van der Waals surface area contributed by atoms with Crippen molar-refractivity contribution in [1.29, 1.82) is 0 Å². The molecule has 0 aliphatic carbocycles. The van der Waals surface area contributed by atoms with E-state index in [0.29, 0.717) is 44.3 Å². The van der Waals surface area contributed by atoms with Crippen molar-refractivity contribution < 1.29 is 9.32 Å². The summed E-state index contributed by atoms with van der Waals surface area (Å²) in [6.45, 7) is 2.02. The number of aryl methyl sites for hydroxylation is 1. The Bertz CT molecular complexity index is 935. The van der Waals surface area contributed by atoms with Crippen LogP contribution in [0, 0.1) is 6.92 Å². The zero-order valence-electron chi connectivity index (χ0n) is 14.0. The number of rotatable bonds is 4. The van der Waals surface area contributed by atoms with Crippen molar-refractivity contribution in [3.8, 4) is 11.3 Å². The van der Waals surface area contributed by atoms with E-state index in [4.69, 9.17) is 39.3 Å². The van der Waals surface area contributed by atoms with Gasteiger partial charge in [0.05, 0.1) is 10.0 Å². The summed E-state index contributed by atoms with van der Waals surface area (Å²) in [6, 6.07) is 8.58. The number of aromatic nitrogens is 2. The van der Waals surface area contributed by atoms with Crippen molar-refractivity contribution in [2.75, 3.05) is 7.05 Å². The molecule has 0 bridgehead atoms. The molecule has 5 nitrogen and oxygen atoms in total. The predicted octanol–water partition coefficient (Wildman–Crippen LogP) is 5.28. The van der Waals surface area contributed by atoms with Crippen molar-refractivity contribution in [2.45, 2.75) is 13.5 Å². The van der Waals surface area contributed by atoms with Gasteiger partial charge in [-0.25, -0.2) is 4.98 Å². The highest BCUT2D eigenvalue weighted by atomic mass is 35.5. The van der Waals surface area contributed by atoms with Crippen LogP contribution >= 0.6 is 34.8 Å². The van der Waals surface area contributed by atoms with Crippen LogP contribution < -0.4 is 0 Å². The average Bonchev–Trinajstić information content (AvgIpc) is 2.97. The molecular formula is C18H14Cl3N3O2. The quantitative estimate of drug-likeness (QED) is 0.549. The molecule has 2 aromatic heterocycles. The first kappa shape index (κ1) is 18.7. The highest BCUT2D eigenvalue weighted by Gasteiger charge is 2.27. The number of pyridine rings is 1. The van der Waals surface area contributed by atoms with E-state index in [1.54, 1.807) is 49.3 Å². The average molecular weight is 411 g/mol. The van der Waals surface area contributed by atoms with E-state index in [0.717, 1.165) is 5.56 Å². The molecule has 1 amide bonds. The minimum absolute atomic E-state index is 0.260. The fourth-order valence-electron chi connectivity index (χ4n) is 2.56. The molecule has 3 rings (SSSR count). The van der Waals surface area contributed by atoms with Gasteiger partial charge in [0.1, 0.15) is 22.2 Å². The third kappa shape index (κ3) is 3.70. The lowest BCUT2D eigenvalue weighted by Crippen LogP contribution is -2.27. The van der Waals surface area contributed by atoms with Crippen molar-refractivity contribution in [1.82, 2.24) is 15.0 Å². The third-order valence-corrected chi connectivity index (χ3v) is 4.68. The van der Waals surface area contributed by atoms with Gasteiger partial charge in [-0.3, -0.25) is 4.79 Å². The summed E-state index contributed by atoms with van der Waals surface area (Å²) >= 11 is 18.3. The number of nitrogens with zero attached hydrogens (tertiary/aromatic N) is 3. The smallest absolute Gasteiger partial charge is 0.259 e. The van der Waals surface area contributed by atoms with Crippen molar-refractivity contribution in [2.24, 2.45) is 0 Å². The Morgan fingerprint density at radius 3 is 2.46 bits per heavy atom. The Hall–Kier alpha value is -2.08. The maximum absolute atomic E-state index is 13.0. The Morgan fingerprint density at radius 2 is 1.85 bits per heavy atom. The number of amides is 1. The lowest BCUT2D eigenvalue weighted by molar-refractivity contribution is 0.0784. The summed E-state index contributed by atoms with van der Waals surface area (Å²) in [4.78, 5) is 18.6. The molecular weight excluding hydrogens is 397 g/mol. The van der Waals surface area contributed by atoms with E-state index in [9.17, 15) is 4.79 Å². The maximum atomic E-state index is 13.0. The highest BCUT2D eigenvalue weighted by molar-refractivity contribution is 6.39. The van der Waals surface area contributed by atoms with Gasteiger partial charge in [0, 0.05) is 25.4 Å². The van der Waals surface area contributed by atoms with Crippen LogP contribution in [-0.4, -0.2) is 28.0 Å². The van der Waals surface area contributed by atoms with Gasteiger partial charge < -0.3 is 9.42 Å². The molecule has 26 heavy (non-hydrogen) atoms. The fourth-order valence-corrected chi connectivity index (χ4v) is 3.24. The molecule has 0 aliphatic heterocycles. The Kier molecular flexibility index (Phi) is 5.51. The molecule has 0 spiro atoms. The van der Waals surface area contributed by atoms with Crippen molar-refractivity contribution in [3.63, 3.8) is 0 Å². The largest absolute Gasteiger partial charge is 0.360 e. The number of hydrogen-bond donors (Lipinski definition) is 0. The van der Waals surface area contributed by atoms with E-state index in [2.05, 4.69) is 10.1 Å². The van der Waals surface area contributed by atoms with Crippen molar-refractivity contribution in [3.05, 3.63) is 68.6 Å². The van der Waals surface area contributed by atoms with E-state index >= 15 is 0 Å². The SMILES string of the molecule is Cc1onc(-c2c(Cl)cccc2Cl)c1C(=O)N(C)Cc1ccc(Cl)nc1. The summed E-state index contributed by atoms with van der Waals surface area (Å²) in [5.41, 5.74) is 1.96. The molecule has 134 valence electrons. The fraction of sp³-hybridized carbons (Fsp3) is 0.167. The highest BCUT2D eigenvalue weighted by Crippen LogP contribution is 2.37. The molecule has 0 radical (unpaired) electrons. The molecule has 8 heteroatoms. The minimum Gasteiger partial charge on any atom is -0.360 e. The van der Waals surface area contributed by atoms with E-state index < -0.39 is 0 Å². The first-order chi connectivity index (χ1) is 12.4. The second kappa shape index (κ2) is 7.66. The molecule has 1 aromatic carbocycles. The minimum atomic E-state index is -0.260. The monoisotopic (exact) mass is 409 g/mol. The molecule has 0 saturated heterocycles. The van der Waals surface area contributed by atoms with E-state index in [-0.39, 0.29) is 5.91 Å². The lowest BCUT2D eigenvalue weighted by atomic mass is 10.0. The predicted molar refractivity (Wildman–Crippen MR) is 102 cm³/mol. The Labute approximate surface area is 165 Å². The Balaban J connectivity index is 1.95. The molecule has 0 N–H and O–H groups in total. The van der Waals surface area contributed by atoms with Gasteiger partial charge in [0.25, 0.3) is 5.91 Å². The van der Waals surface area contributed by atoms with Gasteiger partial charge in [-0.15, -0.1) is 0 Å². The van der Waals surface area contributed by atoms with Gasteiger partial charge in [0.15, 0.2) is 0 Å². The Morgan fingerprint density at radius 1 is 1.15 bits per heavy atom. The molecule has 0 unspecified atom stereocenters. The van der Waals surface area contributed by atoms with Gasteiger partial charge in [0.2, 0.25) is 0 Å². The van der Waals surface area contributed by atoms with Crippen LogP contribution in [0.1, 0.15) is 21.7 Å². The third-order valence-electron chi connectivity index (χ3n) is 3.83. The number of benzene rings is 1. The molecule has 0 fully saturated rings. The standard InChI is InChI=1S/C18H14Cl3N3O2/c1-10-15(17(23-26-10)16-12(19)4-3-5-13(16)20)18(25)24(2)9-11-6-7-14(21)22-8-11/h3-8H,9H2,1-2H3. The first-order valence-electron chi connectivity index (χ1n) is 7.65. The summed E-state index contributed by atoms with van der Waals surface area (Å²) < 4.78 is 5.25. The van der Waals surface area contributed by atoms with Gasteiger partial charge in [-0.05, 0) is 30.7 Å². The summed E-state index contributed by atoms with van der Waals surface area (Å²) in [6.07, 6.45) is 1.62. The van der Waals surface area contributed by atoms with Gasteiger partial charge in [-0.1, -0.05) is 52.1 Å². The molecule has 0 aliphatic rings. The zero-order chi connectivity index (χ0) is 18.8. The van der Waals surface area contributed by atoms with Gasteiger partial charge >= 0.3 is 0 Å². The molecule has 0 atom stereocenters. The van der Waals surface area contributed by atoms with Crippen LogP contribution in [0.4, 0.5) is 0 Å². The molecule has 3 aromatic rings. The topological polar surface area (TPSA) is 59.2 Å². The van der Waals surface area contributed by atoms with Crippen LogP contribution in [0.25, 0.3) is 11.3 Å². The van der Waals surface area contributed by atoms with Crippen LogP contribution in [0.2, 0.25) is 15.2 Å². The van der Waals surface area contributed by atoms with Crippen LogP contribution in [0.15, 0.2) is 41.1 Å². The number of halogens is 3. The van der Waals surface area contributed by atoms with Gasteiger partial charge in [-0.2, -0.15) is 0 Å². The van der Waals surface area contributed by atoms with Crippen LogP contribution in [-0.2, 0) is 6.54 Å². The van der Waals surface area contributed by atoms with Crippen LogP contribution in [0.5, 0.6) is 0 Å². The summed E-state index contributed by atoms with van der Waals surface area (Å²) in [5, 5.41) is 5.19. The van der Waals surface area contributed by atoms with Crippen LogP contribution in [0.3, 0.4) is 0 Å². The summed E-state index contributed by atoms with van der Waals surface area (Å²) in [7, 11) is 1.68. The van der Waals surface area contributed by atoms with Crippen molar-refractivity contribution >= 4 is 40.7 Å². The normalized spacial score (nSPS) is 10.8. The van der Waals surface area contributed by atoms with E-state index in [1.165, 1.54) is 0 Å². The number of hydrogen-bond acceptors (Lipinski definition) is 4. The first-order valence-corrected chi connectivity index (χ1v) is 8.78. The molecule has 0 saturated carbocycles.